The average Bonchev–Trinajstić information content (AvgIpc) is 3.33. The Morgan fingerprint density at radius 1 is 1.22 bits per heavy atom. The fraction of sp³-hybridized carbons (Fsp3) is 0.200. The predicted molar refractivity (Wildman–Crippen MR) is 113 cm³/mol. The Morgan fingerprint density at radius 3 is 2.74 bits per heavy atom. The van der Waals surface area contributed by atoms with Gasteiger partial charge in [0.15, 0.2) is 0 Å². The van der Waals surface area contributed by atoms with Crippen LogP contribution in [0.15, 0.2) is 63.3 Å². The first-order valence-corrected chi connectivity index (χ1v) is 10.0. The van der Waals surface area contributed by atoms with Crippen LogP contribution in [0.4, 0.5) is 0 Å². The van der Waals surface area contributed by atoms with Crippen molar-refractivity contribution in [2.45, 2.75) is 6.92 Å². The number of hydrogen-bond donors (Lipinski definition) is 0. The molecule has 0 radical (unpaired) electrons. The highest BCUT2D eigenvalue weighted by atomic mass is 32.1. The third-order valence-corrected chi connectivity index (χ3v) is 5.36. The minimum atomic E-state index is 0.564. The second kappa shape index (κ2) is 8.83. The Hall–Kier alpha value is -2.64. The van der Waals surface area contributed by atoms with E-state index in [2.05, 4.69) is 16.7 Å². The molecule has 27 heavy (non-hydrogen) atoms. The van der Waals surface area contributed by atoms with E-state index in [1.807, 2.05) is 58.9 Å². The summed E-state index contributed by atoms with van der Waals surface area (Å²) in [6, 6.07) is 9.78. The second-order valence-electron chi connectivity index (χ2n) is 5.81. The number of methoxy groups -OCH3 is 2. The van der Waals surface area contributed by atoms with E-state index in [0.717, 1.165) is 38.0 Å². The number of ether oxygens (including phenoxy) is 2. The summed E-state index contributed by atoms with van der Waals surface area (Å²) >= 11 is 3.18. The van der Waals surface area contributed by atoms with Gasteiger partial charge in [-0.2, -0.15) is 5.10 Å². The molecule has 3 rings (SSSR count). The van der Waals surface area contributed by atoms with Gasteiger partial charge in [0.2, 0.25) is 4.80 Å². The number of thiophene rings is 1. The van der Waals surface area contributed by atoms with Crippen LogP contribution < -0.4 is 14.3 Å². The Bertz CT molecular complexity index is 1010. The van der Waals surface area contributed by atoms with Crippen molar-refractivity contribution >= 4 is 28.9 Å². The molecule has 0 aliphatic rings. The van der Waals surface area contributed by atoms with Crippen LogP contribution in [0.1, 0.15) is 11.8 Å². The maximum Gasteiger partial charge on any atom is 0.206 e. The van der Waals surface area contributed by atoms with Crippen molar-refractivity contribution in [2.24, 2.45) is 10.1 Å². The number of rotatable bonds is 7. The Kier molecular flexibility index (Phi) is 6.26. The Balaban J connectivity index is 2.13. The highest BCUT2D eigenvalue weighted by Crippen LogP contribution is 2.33. The zero-order valence-electron chi connectivity index (χ0n) is 15.5. The minimum Gasteiger partial charge on any atom is -0.497 e. The molecule has 0 aliphatic heterocycles. The number of thiazole rings is 1. The van der Waals surface area contributed by atoms with Crippen molar-refractivity contribution in [3.8, 4) is 22.8 Å². The maximum absolute atomic E-state index is 5.57. The SMILES string of the molecule is C=C(C)CN=c1scc(-c2ccc(OC)cc2OC)n1N=Cc1cccs1. The molecule has 5 nitrogen and oxygen atoms in total. The molecule has 0 spiro atoms. The first kappa shape index (κ1) is 19.1. The Morgan fingerprint density at radius 2 is 2.07 bits per heavy atom. The van der Waals surface area contributed by atoms with E-state index >= 15 is 0 Å². The largest absolute Gasteiger partial charge is 0.497 e. The van der Waals surface area contributed by atoms with E-state index < -0.39 is 0 Å². The maximum atomic E-state index is 5.57. The van der Waals surface area contributed by atoms with Crippen LogP contribution in [0.5, 0.6) is 11.5 Å². The van der Waals surface area contributed by atoms with Gasteiger partial charge in [0.05, 0.1) is 32.7 Å². The van der Waals surface area contributed by atoms with Crippen LogP contribution in [-0.4, -0.2) is 31.7 Å². The summed E-state index contributed by atoms with van der Waals surface area (Å²) in [5, 5.41) is 8.75. The van der Waals surface area contributed by atoms with E-state index in [9.17, 15) is 0 Å². The second-order valence-corrected chi connectivity index (χ2v) is 7.63. The average molecular weight is 400 g/mol. The number of nitrogens with zero attached hydrogens (tertiary/aromatic N) is 3. The van der Waals surface area contributed by atoms with Crippen LogP contribution in [0.3, 0.4) is 0 Å². The lowest BCUT2D eigenvalue weighted by Crippen LogP contribution is -2.13. The van der Waals surface area contributed by atoms with Crippen molar-refractivity contribution in [1.82, 2.24) is 4.68 Å². The van der Waals surface area contributed by atoms with Crippen LogP contribution in [-0.2, 0) is 0 Å². The van der Waals surface area contributed by atoms with Crippen LogP contribution in [0.2, 0.25) is 0 Å². The quantitative estimate of drug-likeness (QED) is 0.429. The molecular weight excluding hydrogens is 378 g/mol. The molecule has 1 aromatic carbocycles. The molecule has 140 valence electrons. The normalized spacial score (nSPS) is 11.9. The molecule has 2 heterocycles. The summed E-state index contributed by atoms with van der Waals surface area (Å²) in [5.41, 5.74) is 2.84. The van der Waals surface area contributed by atoms with Gasteiger partial charge in [-0.15, -0.1) is 22.7 Å². The third-order valence-electron chi connectivity index (χ3n) is 3.70. The molecule has 3 aromatic rings. The lowest BCUT2D eigenvalue weighted by atomic mass is 10.1. The summed E-state index contributed by atoms with van der Waals surface area (Å²) in [6.07, 6.45) is 1.84. The minimum absolute atomic E-state index is 0.564. The molecule has 0 N–H and O–H groups in total. The van der Waals surface area contributed by atoms with E-state index in [-0.39, 0.29) is 0 Å². The summed E-state index contributed by atoms with van der Waals surface area (Å²) in [5.74, 6) is 1.46. The number of aromatic nitrogens is 1. The van der Waals surface area contributed by atoms with E-state index in [1.54, 1.807) is 25.6 Å². The van der Waals surface area contributed by atoms with Crippen molar-refractivity contribution in [3.05, 3.63) is 62.9 Å². The zero-order valence-corrected chi connectivity index (χ0v) is 17.1. The van der Waals surface area contributed by atoms with Crippen molar-refractivity contribution in [3.63, 3.8) is 0 Å². The summed E-state index contributed by atoms with van der Waals surface area (Å²) in [4.78, 5) is 6.53. The zero-order chi connectivity index (χ0) is 19.2. The highest BCUT2D eigenvalue weighted by Gasteiger charge is 2.13. The first-order valence-electron chi connectivity index (χ1n) is 8.28. The number of hydrogen-bond acceptors (Lipinski definition) is 6. The van der Waals surface area contributed by atoms with E-state index in [0.29, 0.717) is 6.54 Å². The van der Waals surface area contributed by atoms with Gasteiger partial charge in [-0.3, -0.25) is 4.99 Å². The highest BCUT2D eigenvalue weighted by molar-refractivity contribution is 7.11. The standard InChI is InChI=1S/C20H21N3O2S2/c1-14(2)11-21-20-23(22-12-16-6-5-9-26-16)18(13-27-20)17-8-7-15(24-3)10-19(17)25-4/h5-10,12-13H,1,11H2,2-4H3. The topological polar surface area (TPSA) is 48.1 Å². The molecular formula is C20H21N3O2S2. The van der Waals surface area contributed by atoms with Crippen molar-refractivity contribution in [2.75, 3.05) is 20.8 Å². The fourth-order valence-corrected chi connectivity index (χ4v) is 3.80. The Labute approximate surface area is 166 Å². The van der Waals surface area contributed by atoms with E-state index in [4.69, 9.17) is 9.47 Å². The van der Waals surface area contributed by atoms with Crippen molar-refractivity contribution in [1.29, 1.82) is 0 Å². The van der Waals surface area contributed by atoms with E-state index in [1.165, 1.54) is 11.3 Å². The summed E-state index contributed by atoms with van der Waals surface area (Å²) in [7, 11) is 3.29. The molecule has 2 aromatic heterocycles. The summed E-state index contributed by atoms with van der Waals surface area (Å²) in [6.45, 7) is 6.45. The predicted octanol–water partition coefficient (Wildman–Crippen LogP) is 4.65. The smallest absolute Gasteiger partial charge is 0.206 e. The van der Waals surface area contributed by atoms with Gasteiger partial charge in [-0.25, -0.2) is 4.68 Å². The molecule has 0 unspecified atom stereocenters. The third kappa shape index (κ3) is 4.56. The van der Waals surface area contributed by atoms with Gasteiger partial charge in [-0.1, -0.05) is 18.2 Å². The lowest BCUT2D eigenvalue weighted by molar-refractivity contribution is 0.395. The molecule has 0 aliphatic carbocycles. The van der Waals surface area contributed by atoms with Crippen LogP contribution in [0.25, 0.3) is 11.3 Å². The number of benzene rings is 1. The summed E-state index contributed by atoms with van der Waals surface area (Å²) < 4.78 is 12.7. The molecule has 0 fully saturated rings. The van der Waals surface area contributed by atoms with Crippen LogP contribution in [0, 0.1) is 0 Å². The first-order chi connectivity index (χ1) is 13.1. The van der Waals surface area contributed by atoms with Crippen LogP contribution >= 0.6 is 22.7 Å². The molecule has 0 amide bonds. The van der Waals surface area contributed by atoms with Gasteiger partial charge >= 0.3 is 0 Å². The molecule has 0 bridgehead atoms. The molecule has 0 saturated heterocycles. The molecule has 7 heteroatoms. The van der Waals surface area contributed by atoms with Crippen molar-refractivity contribution < 1.29 is 9.47 Å². The molecule has 0 atom stereocenters. The van der Waals surface area contributed by atoms with Gasteiger partial charge in [0.1, 0.15) is 11.5 Å². The van der Waals surface area contributed by atoms with Gasteiger partial charge in [0, 0.05) is 21.9 Å². The molecule has 0 saturated carbocycles. The fourth-order valence-electron chi connectivity index (χ4n) is 2.40. The monoisotopic (exact) mass is 399 g/mol. The van der Waals surface area contributed by atoms with Gasteiger partial charge in [-0.05, 0) is 30.5 Å². The van der Waals surface area contributed by atoms with Gasteiger partial charge < -0.3 is 9.47 Å². The lowest BCUT2D eigenvalue weighted by Gasteiger charge is -2.10. The van der Waals surface area contributed by atoms with Gasteiger partial charge in [0.25, 0.3) is 0 Å².